The molecule has 0 aliphatic heterocycles. The van der Waals surface area contributed by atoms with Crippen molar-refractivity contribution >= 4 is 5.78 Å². The Balaban J connectivity index is 3.11. The van der Waals surface area contributed by atoms with Gasteiger partial charge in [-0.3, -0.25) is 4.79 Å². The van der Waals surface area contributed by atoms with E-state index in [2.05, 4.69) is 0 Å². The Morgan fingerprint density at radius 1 is 0.950 bits per heavy atom. The largest absolute Gasteiger partial charge is 0.294 e. The number of Topliss-reactive ketones (excluding diaryl/α,β-unsaturated/α-hetero) is 1. The Morgan fingerprint density at radius 3 is 1.75 bits per heavy atom. The number of rotatable bonds is 4. The molecule has 0 N–H and O–H groups in total. The average molecular weight is 278 g/mol. The van der Waals surface area contributed by atoms with Gasteiger partial charge < -0.3 is 0 Å². The van der Waals surface area contributed by atoms with E-state index in [1.165, 1.54) is 0 Å². The molecular weight excluding hydrogens is 252 g/mol. The van der Waals surface area contributed by atoms with Crippen LogP contribution in [0.25, 0.3) is 0 Å². The molecule has 0 heterocycles. The van der Waals surface area contributed by atoms with E-state index < -0.39 is 5.60 Å². The maximum Gasteiger partial charge on any atom is 0.160 e. The van der Waals surface area contributed by atoms with Crippen molar-refractivity contribution in [3.63, 3.8) is 0 Å². The average Bonchev–Trinajstić information content (AvgIpc) is 2.24. The Labute approximate surface area is 122 Å². The Bertz CT molecular complexity index is 484. The standard InChI is InChI=1S/C17H26O3/c1-11-9-14(10-12(2)15(11)13(3)18)17(7,8)20-19-16(4,5)6/h9-10H,1-8H3. The fourth-order valence-electron chi connectivity index (χ4n) is 2.14. The van der Waals surface area contributed by atoms with Crippen LogP contribution >= 0.6 is 0 Å². The molecule has 3 nitrogen and oxygen atoms in total. The molecule has 0 aliphatic carbocycles. The van der Waals surface area contributed by atoms with E-state index in [0.717, 1.165) is 22.3 Å². The summed E-state index contributed by atoms with van der Waals surface area (Å²) in [4.78, 5) is 22.7. The van der Waals surface area contributed by atoms with Gasteiger partial charge >= 0.3 is 0 Å². The van der Waals surface area contributed by atoms with Gasteiger partial charge in [0.05, 0.1) is 5.60 Å². The molecule has 1 aromatic rings. The zero-order valence-corrected chi connectivity index (χ0v) is 13.9. The monoisotopic (exact) mass is 278 g/mol. The van der Waals surface area contributed by atoms with Crippen LogP contribution in [0.1, 0.15) is 68.6 Å². The maximum atomic E-state index is 11.6. The van der Waals surface area contributed by atoms with Gasteiger partial charge in [-0.25, -0.2) is 9.78 Å². The summed E-state index contributed by atoms with van der Waals surface area (Å²) >= 11 is 0. The van der Waals surface area contributed by atoms with Gasteiger partial charge in [0, 0.05) is 5.56 Å². The molecular formula is C17H26O3. The summed E-state index contributed by atoms with van der Waals surface area (Å²) in [6.07, 6.45) is 0. The minimum Gasteiger partial charge on any atom is -0.294 e. The molecule has 0 unspecified atom stereocenters. The van der Waals surface area contributed by atoms with Crippen LogP contribution in [-0.4, -0.2) is 11.4 Å². The number of ketones is 1. The molecule has 0 atom stereocenters. The van der Waals surface area contributed by atoms with Crippen molar-refractivity contribution in [2.24, 2.45) is 0 Å². The number of aryl methyl sites for hydroxylation is 2. The quantitative estimate of drug-likeness (QED) is 0.462. The van der Waals surface area contributed by atoms with Crippen LogP contribution in [0.5, 0.6) is 0 Å². The van der Waals surface area contributed by atoms with Crippen LogP contribution in [0, 0.1) is 13.8 Å². The second-order valence-electron chi connectivity index (χ2n) is 6.83. The van der Waals surface area contributed by atoms with Crippen molar-refractivity contribution in [3.05, 3.63) is 34.4 Å². The molecule has 1 rings (SSSR count). The topological polar surface area (TPSA) is 35.5 Å². The molecule has 0 spiro atoms. The maximum absolute atomic E-state index is 11.6. The number of carbonyl (C=O) groups is 1. The lowest BCUT2D eigenvalue weighted by Crippen LogP contribution is -2.29. The molecule has 112 valence electrons. The van der Waals surface area contributed by atoms with Crippen LogP contribution in [-0.2, 0) is 15.4 Å². The SMILES string of the molecule is CC(=O)c1c(C)cc(C(C)(C)OOC(C)(C)C)cc1C. The summed E-state index contributed by atoms with van der Waals surface area (Å²) in [6, 6.07) is 3.99. The lowest BCUT2D eigenvalue weighted by molar-refractivity contribution is -0.401. The number of benzene rings is 1. The van der Waals surface area contributed by atoms with Gasteiger partial charge in [0.2, 0.25) is 0 Å². The van der Waals surface area contributed by atoms with Gasteiger partial charge in [0.25, 0.3) is 0 Å². The van der Waals surface area contributed by atoms with Crippen molar-refractivity contribution in [1.82, 2.24) is 0 Å². The summed E-state index contributed by atoms with van der Waals surface area (Å²) in [5.41, 5.74) is 2.81. The third-order valence-corrected chi connectivity index (χ3v) is 3.08. The van der Waals surface area contributed by atoms with Gasteiger partial charge in [-0.2, -0.15) is 0 Å². The molecule has 0 amide bonds. The highest BCUT2D eigenvalue weighted by molar-refractivity contribution is 5.97. The fourth-order valence-corrected chi connectivity index (χ4v) is 2.14. The first-order chi connectivity index (χ1) is 8.94. The second-order valence-corrected chi connectivity index (χ2v) is 6.83. The van der Waals surface area contributed by atoms with E-state index in [1.54, 1.807) is 6.92 Å². The molecule has 0 saturated heterocycles. The molecule has 0 bridgehead atoms. The highest BCUT2D eigenvalue weighted by Crippen LogP contribution is 2.30. The highest BCUT2D eigenvalue weighted by atomic mass is 17.2. The van der Waals surface area contributed by atoms with Crippen molar-refractivity contribution < 1.29 is 14.6 Å². The third kappa shape index (κ3) is 4.15. The van der Waals surface area contributed by atoms with Crippen molar-refractivity contribution in [3.8, 4) is 0 Å². The number of hydrogen-bond acceptors (Lipinski definition) is 3. The van der Waals surface area contributed by atoms with Crippen LogP contribution in [0.3, 0.4) is 0 Å². The molecule has 0 saturated carbocycles. The van der Waals surface area contributed by atoms with Gasteiger partial charge in [-0.05, 0) is 72.1 Å². The van der Waals surface area contributed by atoms with Gasteiger partial charge in [-0.1, -0.05) is 12.1 Å². The highest BCUT2D eigenvalue weighted by Gasteiger charge is 2.27. The fraction of sp³-hybridized carbons (Fsp3) is 0.588. The number of hydrogen-bond donors (Lipinski definition) is 0. The first kappa shape index (κ1) is 16.9. The zero-order valence-electron chi connectivity index (χ0n) is 13.9. The van der Waals surface area contributed by atoms with E-state index in [0.29, 0.717) is 0 Å². The molecule has 0 aliphatic rings. The van der Waals surface area contributed by atoms with Crippen molar-refractivity contribution in [2.45, 2.75) is 66.6 Å². The summed E-state index contributed by atoms with van der Waals surface area (Å²) in [5, 5.41) is 0. The van der Waals surface area contributed by atoms with Gasteiger partial charge in [0.15, 0.2) is 5.78 Å². The molecule has 1 aromatic carbocycles. The molecule has 0 aromatic heterocycles. The second kappa shape index (κ2) is 5.66. The van der Waals surface area contributed by atoms with E-state index in [4.69, 9.17) is 9.78 Å². The molecule has 0 radical (unpaired) electrons. The first-order valence-corrected chi connectivity index (χ1v) is 6.93. The lowest BCUT2D eigenvalue weighted by atomic mass is 9.90. The molecule has 20 heavy (non-hydrogen) atoms. The summed E-state index contributed by atoms with van der Waals surface area (Å²) in [6.45, 7) is 15.2. The van der Waals surface area contributed by atoms with Crippen molar-refractivity contribution in [2.75, 3.05) is 0 Å². The molecule has 3 heteroatoms. The van der Waals surface area contributed by atoms with E-state index in [-0.39, 0.29) is 11.4 Å². The Morgan fingerprint density at radius 2 is 1.40 bits per heavy atom. The zero-order chi connectivity index (χ0) is 15.7. The minimum absolute atomic E-state index is 0.0937. The summed E-state index contributed by atoms with van der Waals surface area (Å²) in [5.74, 6) is 0.0937. The molecule has 0 fully saturated rings. The predicted molar refractivity (Wildman–Crippen MR) is 80.9 cm³/mol. The Kier molecular flexibility index (Phi) is 4.78. The lowest BCUT2D eigenvalue weighted by Gasteiger charge is -2.29. The van der Waals surface area contributed by atoms with Crippen LogP contribution in [0.2, 0.25) is 0 Å². The van der Waals surface area contributed by atoms with Gasteiger partial charge in [-0.15, -0.1) is 0 Å². The Hall–Kier alpha value is -1.19. The number of carbonyl (C=O) groups excluding carboxylic acids is 1. The van der Waals surface area contributed by atoms with Crippen molar-refractivity contribution in [1.29, 1.82) is 0 Å². The third-order valence-electron chi connectivity index (χ3n) is 3.08. The van der Waals surface area contributed by atoms with Crippen LogP contribution < -0.4 is 0 Å². The smallest absolute Gasteiger partial charge is 0.160 e. The minimum atomic E-state index is -0.571. The predicted octanol–water partition coefficient (Wildman–Crippen LogP) is 4.49. The first-order valence-electron chi connectivity index (χ1n) is 6.93. The van der Waals surface area contributed by atoms with Crippen LogP contribution in [0.15, 0.2) is 12.1 Å². The summed E-state index contributed by atoms with van der Waals surface area (Å²) < 4.78 is 0. The normalized spacial score (nSPS) is 12.6. The van der Waals surface area contributed by atoms with E-state index in [1.807, 2.05) is 60.6 Å². The van der Waals surface area contributed by atoms with E-state index >= 15 is 0 Å². The van der Waals surface area contributed by atoms with Crippen LogP contribution in [0.4, 0.5) is 0 Å². The summed E-state index contributed by atoms with van der Waals surface area (Å²) in [7, 11) is 0. The van der Waals surface area contributed by atoms with E-state index in [9.17, 15) is 4.79 Å². The van der Waals surface area contributed by atoms with Gasteiger partial charge in [0.1, 0.15) is 5.60 Å².